The van der Waals surface area contributed by atoms with Crippen LogP contribution in [-0.4, -0.2) is 28.1 Å². The highest BCUT2D eigenvalue weighted by atomic mass is 19.4. The fourth-order valence-corrected chi connectivity index (χ4v) is 4.18. The summed E-state index contributed by atoms with van der Waals surface area (Å²) in [5, 5.41) is 20.1. The molecule has 0 atom stereocenters. The number of aliphatic carboxylic acids is 1. The SMILES string of the molecule is Cn1cc(-c2cccc(OC(F)(F)F)c2-c2ccc(NC(=O)NCc3ccc(CCCC(=O)[O-])cc3)cc2)cn1. The minimum Gasteiger partial charge on any atom is -0.550 e. The number of carbonyl (C=O) groups excluding carboxylic acids is 2. The molecule has 0 fully saturated rings. The van der Waals surface area contributed by atoms with Crippen LogP contribution in [0.15, 0.2) is 79.1 Å². The van der Waals surface area contributed by atoms with Gasteiger partial charge in [-0.05, 0) is 59.7 Å². The van der Waals surface area contributed by atoms with Gasteiger partial charge in [0.05, 0.1) is 6.20 Å². The van der Waals surface area contributed by atoms with Crippen molar-refractivity contribution in [2.24, 2.45) is 7.05 Å². The second-order valence-electron chi connectivity index (χ2n) is 9.06. The van der Waals surface area contributed by atoms with Crippen molar-refractivity contribution in [3.8, 4) is 28.0 Å². The molecule has 1 heterocycles. The number of urea groups is 1. The fraction of sp³-hybridized carbons (Fsp3) is 0.207. The van der Waals surface area contributed by atoms with E-state index in [0.29, 0.717) is 35.2 Å². The second-order valence-corrected chi connectivity index (χ2v) is 9.06. The zero-order valence-electron chi connectivity index (χ0n) is 21.5. The summed E-state index contributed by atoms with van der Waals surface area (Å²) < 4.78 is 45.4. The molecule has 4 rings (SSSR count). The molecule has 11 heteroatoms. The predicted molar refractivity (Wildman–Crippen MR) is 141 cm³/mol. The Kier molecular flexibility index (Phi) is 8.73. The maximum atomic E-state index is 13.2. The zero-order chi connectivity index (χ0) is 28.7. The lowest BCUT2D eigenvalue weighted by Crippen LogP contribution is -2.28. The number of amides is 2. The van der Waals surface area contributed by atoms with Crippen molar-refractivity contribution < 1.29 is 32.6 Å². The smallest absolute Gasteiger partial charge is 0.550 e. The van der Waals surface area contributed by atoms with E-state index in [1.165, 1.54) is 12.1 Å². The summed E-state index contributed by atoms with van der Waals surface area (Å²) in [6.07, 6.45) is -0.506. The van der Waals surface area contributed by atoms with Gasteiger partial charge >= 0.3 is 12.4 Å². The number of halogens is 3. The first-order valence-corrected chi connectivity index (χ1v) is 12.4. The number of carboxylic acids is 1. The maximum absolute atomic E-state index is 13.2. The lowest BCUT2D eigenvalue weighted by atomic mass is 9.95. The molecule has 0 saturated heterocycles. The van der Waals surface area contributed by atoms with Crippen LogP contribution in [0.1, 0.15) is 24.0 Å². The Morgan fingerprint density at radius 1 is 0.975 bits per heavy atom. The average molecular weight is 552 g/mol. The molecule has 0 aliphatic carbocycles. The first-order chi connectivity index (χ1) is 19.1. The molecule has 0 radical (unpaired) electrons. The zero-order valence-corrected chi connectivity index (χ0v) is 21.5. The highest BCUT2D eigenvalue weighted by molar-refractivity contribution is 5.91. The predicted octanol–water partition coefficient (Wildman–Crippen LogP) is 5.05. The van der Waals surface area contributed by atoms with Gasteiger partial charge in [0.1, 0.15) is 5.75 Å². The van der Waals surface area contributed by atoms with Gasteiger partial charge in [0.2, 0.25) is 0 Å². The van der Waals surface area contributed by atoms with Crippen LogP contribution in [-0.2, 0) is 24.8 Å². The summed E-state index contributed by atoms with van der Waals surface area (Å²) in [5.74, 6) is -1.42. The number of hydrogen-bond acceptors (Lipinski definition) is 5. The summed E-state index contributed by atoms with van der Waals surface area (Å²) in [5.41, 5.74) is 4.13. The van der Waals surface area contributed by atoms with Crippen LogP contribution in [0, 0.1) is 0 Å². The second kappa shape index (κ2) is 12.4. The van der Waals surface area contributed by atoms with Crippen LogP contribution < -0.4 is 20.5 Å². The van der Waals surface area contributed by atoms with Gasteiger partial charge in [-0.15, -0.1) is 13.2 Å². The summed E-state index contributed by atoms with van der Waals surface area (Å²) in [6, 6.07) is 17.8. The highest BCUT2D eigenvalue weighted by Crippen LogP contribution is 2.41. The number of alkyl halides is 3. The van der Waals surface area contributed by atoms with Gasteiger partial charge in [-0.3, -0.25) is 4.68 Å². The molecule has 0 saturated carbocycles. The fourth-order valence-electron chi connectivity index (χ4n) is 4.18. The van der Waals surface area contributed by atoms with Crippen molar-refractivity contribution in [3.05, 3.63) is 90.3 Å². The Morgan fingerprint density at radius 3 is 2.30 bits per heavy atom. The number of nitrogens with one attached hydrogen (secondary N) is 2. The van der Waals surface area contributed by atoms with Crippen LogP contribution in [0.3, 0.4) is 0 Å². The van der Waals surface area contributed by atoms with Gasteiger partial charge in [0.15, 0.2) is 0 Å². The number of aryl methyl sites for hydroxylation is 2. The van der Waals surface area contributed by atoms with Gasteiger partial charge < -0.3 is 25.3 Å². The molecular formula is C29H26F3N4O4-. The van der Waals surface area contributed by atoms with E-state index in [-0.39, 0.29) is 24.3 Å². The summed E-state index contributed by atoms with van der Waals surface area (Å²) in [4.78, 5) is 23.0. The van der Waals surface area contributed by atoms with Gasteiger partial charge in [-0.2, -0.15) is 5.10 Å². The van der Waals surface area contributed by atoms with Crippen molar-refractivity contribution >= 4 is 17.7 Å². The number of carbonyl (C=O) groups is 2. The van der Waals surface area contributed by atoms with E-state index in [1.807, 2.05) is 24.3 Å². The third-order valence-electron chi connectivity index (χ3n) is 6.02. The van der Waals surface area contributed by atoms with E-state index in [4.69, 9.17) is 0 Å². The first-order valence-electron chi connectivity index (χ1n) is 12.4. The quantitative estimate of drug-likeness (QED) is 0.287. The van der Waals surface area contributed by atoms with Gasteiger partial charge in [0, 0.05) is 42.6 Å². The molecule has 2 amide bonds. The number of carboxylic acid groups (broad SMARTS) is 1. The monoisotopic (exact) mass is 551 g/mol. The molecule has 0 aliphatic heterocycles. The number of benzene rings is 3. The van der Waals surface area contributed by atoms with Crippen molar-refractivity contribution in [1.82, 2.24) is 15.1 Å². The van der Waals surface area contributed by atoms with Gasteiger partial charge in [-0.25, -0.2) is 4.79 Å². The number of rotatable bonds is 10. The highest BCUT2D eigenvalue weighted by Gasteiger charge is 2.33. The van der Waals surface area contributed by atoms with Crippen molar-refractivity contribution in [2.45, 2.75) is 32.2 Å². The van der Waals surface area contributed by atoms with Crippen LogP contribution in [0.25, 0.3) is 22.3 Å². The largest absolute Gasteiger partial charge is 0.573 e. The van der Waals surface area contributed by atoms with Crippen molar-refractivity contribution in [1.29, 1.82) is 0 Å². The molecule has 0 bridgehead atoms. The number of aromatic nitrogens is 2. The normalized spacial score (nSPS) is 11.2. The van der Waals surface area contributed by atoms with Gasteiger partial charge in [0.25, 0.3) is 0 Å². The Balaban J connectivity index is 1.43. The molecule has 2 N–H and O–H groups in total. The summed E-state index contributed by atoms with van der Waals surface area (Å²) in [6.45, 7) is 0.264. The molecule has 208 valence electrons. The molecule has 3 aromatic carbocycles. The number of ether oxygens (including phenoxy) is 1. The van der Waals surface area contributed by atoms with Gasteiger partial charge in [-0.1, -0.05) is 48.5 Å². The minimum absolute atomic E-state index is 0.00394. The molecule has 0 spiro atoms. The lowest BCUT2D eigenvalue weighted by Gasteiger charge is -2.17. The minimum atomic E-state index is -4.87. The molecule has 0 aliphatic rings. The summed E-state index contributed by atoms with van der Waals surface area (Å²) >= 11 is 0. The topological polar surface area (TPSA) is 108 Å². The van der Waals surface area contributed by atoms with E-state index in [1.54, 1.807) is 54.5 Å². The van der Waals surface area contributed by atoms with Crippen LogP contribution in [0.5, 0.6) is 5.75 Å². The first kappa shape index (κ1) is 28.2. The van der Waals surface area contributed by atoms with E-state index in [2.05, 4.69) is 20.5 Å². The third kappa shape index (κ3) is 7.85. The number of hydrogen-bond donors (Lipinski definition) is 2. The molecule has 4 aromatic rings. The standard InChI is InChI=1S/C29H27F3N4O4/c1-36-18-22(17-34-36)24-5-3-6-25(40-29(30,31)32)27(24)21-12-14-23(15-13-21)35-28(39)33-16-20-10-8-19(9-11-20)4-2-7-26(37)38/h3,5-6,8-15,17-18H,2,4,7,16H2,1H3,(H,37,38)(H2,33,35,39)/p-1. The number of nitrogens with zero attached hydrogens (tertiary/aromatic N) is 2. The Morgan fingerprint density at radius 2 is 1.68 bits per heavy atom. The molecule has 1 aromatic heterocycles. The molecule has 0 unspecified atom stereocenters. The van der Waals surface area contributed by atoms with Crippen LogP contribution in [0.4, 0.5) is 23.7 Å². The molecule has 8 nitrogen and oxygen atoms in total. The average Bonchev–Trinajstić information content (AvgIpc) is 3.34. The van der Waals surface area contributed by atoms with Crippen LogP contribution in [0.2, 0.25) is 0 Å². The van der Waals surface area contributed by atoms with Crippen molar-refractivity contribution in [2.75, 3.05) is 5.32 Å². The Labute approximate surface area is 228 Å². The van der Waals surface area contributed by atoms with E-state index in [9.17, 15) is 27.9 Å². The number of anilines is 1. The Bertz CT molecular complexity index is 1470. The summed E-state index contributed by atoms with van der Waals surface area (Å²) in [7, 11) is 1.71. The Hall–Kier alpha value is -4.80. The maximum Gasteiger partial charge on any atom is 0.573 e. The van der Waals surface area contributed by atoms with E-state index in [0.717, 1.165) is 11.1 Å². The van der Waals surface area contributed by atoms with Crippen LogP contribution >= 0.6 is 0 Å². The molecular weight excluding hydrogens is 525 g/mol. The van der Waals surface area contributed by atoms with E-state index < -0.39 is 18.4 Å². The van der Waals surface area contributed by atoms with Crippen molar-refractivity contribution in [3.63, 3.8) is 0 Å². The molecule has 40 heavy (non-hydrogen) atoms. The van der Waals surface area contributed by atoms with E-state index >= 15 is 0 Å². The lowest BCUT2D eigenvalue weighted by molar-refractivity contribution is -0.305. The third-order valence-corrected chi connectivity index (χ3v) is 6.02.